The lowest BCUT2D eigenvalue weighted by molar-refractivity contribution is 0.0695. The Labute approximate surface area is 177 Å². The van der Waals surface area contributed by atoms with Crippen molar-refractivity contribution in [2.45, 2.75) is 25.7 Å². The molecule has 162 valence electrons. The number of rotatable bonds is 5. The van der Waals surface area contributed by atoms with Gasteiger partial charge < -0.3 is 10.1 Å². The molecule has 0 bridgehead atoms. The summed E-state index contributed by atoms with van der Waals surface area (Å²) < 4.78 is 48.0. The lowest BCUT2D eigenvalue weighted by Crippen LogP contribution is -2.51. The topological polar surface area (TPSA) is 74.8 Å². The van der Waals surface area contributed by atoms with Crippen LogP contribution in [0.5, 0.6) is 0 Å². The minimum Gasteiger partial charge on any atom is -0.379 e. The van der Waals surface area contributed by atoms with E-state index < -0.39 is 10.2 Å². The van der Waals surface area contributed by atoms with E-state index in [9.17, 15) is 12.8 Å². The van der Waals surface area contributed by atoms with Crippen LogP contribution in [-0.2, 0) is 14.9 Å². The minimum absolute atomic E-state index is 0.0162. The molecule has 0 unspecified atom stereocenters. The third-order valence-electron chi connectivity index (χ3n) is 5.51. The van der Waals surface area contributed by atoms with Crippen molar-refractivity contribution in [2.24, 2.45) is 0 Å². The van der Waals surface area contributed by atoms with E-state index in [2.05, 4.69) is 10.3 Å². The van der Waals surface area contributed by atoms with Gasteiger partial charge in [-0.1, -0.05) is 6.07 Å². The minimum atomic E-state index is -3.50. The Kier molecular flexibility index (Phi) is 6.33. The molecule has 1 atom stereocenters. The number of nitrogens with zero attached hydrogens (tertiary/aromatic N) is 3. The summed E-state index contributed by atoms with van der Waals surface area (Å²) >= 11 is 0. The number of hydrogen-bond acceptors (Lipinski definition) is 5. The van der Waals surface area contributed by atoms with Crippen molar-refractivity contribution in [3.05, 3.63) is 53.6 Å². The number of benzene rings is 1. The van der Waals surface area contributed by atoms with Gasteiger partial charge in [0.05, 0.1) is 13.2 Å². The Bertz CT molecular complexity index is 995. The molecule has 0 amide bonds. The molecule has 9 heteroatoms. The van der Waals surface area contributed by atoms with E-state index in [0.29, 0.717) is 45.1 Å². The third kappa shape index (κ3) is 4.80. The molecule has 3 heterocycles. The molecule has 1 aromatic carbocycles. The standard InChI is InChI=1S/C21H27FN4O3S/c1-16-12-20(24-19-6-2-5-18(22)13-19)14-21(23-16)17-4-3-7-26(15-17)30(27,28)25-8-10-29-11-9-25/h2,5-6,12-14,17H,3-4,7-11,15H2,1H3,(H,23,24)/t17-/m0/s1. The number of nitrogens with one attached hydrogen (secondary N) is 1. The van der Waals surface area contributed by atoms with Gasteiger partial charge in [-0.3, -0.25) is 4.98 Å². The highest BCUT2D eigenvalue weighted by atomic mass is 32.2. The van der Waals surface area contributed by atoms with Crippen LogP contribution in [0.2, 0.25) is 0 Å². The van der Waals surface area contributed by atoms with Crippen molar-refractivity contribution in [2.75, 3.05) is 44.7 Å². The van der Waals surface area contributed by atoms with Gasteiger partial charge in [-0.25, -0.2) is 4.39 Å². The molecule has 0 aliphatic carbocycles. The number of morpholine rings is 1. The molecule has 2 saturated heterocycles. The number of piperidine rings is 1. The number of hydrogen-bond donors (Lipinski definition) is 1. The zero-order valence-corrected chi connectivity index (χ0v) is 17.9. The highest BCUT2D eigenvalue weighted by Crippen LogP contribution is 2.30. The molecular weight excluding hydrogens is 407 g/mol. The van der Waals surface area contributed by atoms with Gasteiger partial charge in [-0.05, 0) is 50.1 Å². The summed E-state index contributed by atoms with van der Waals surface area (Å²) in [5.74, 6) is -0.287. The van der Waals surface area contributed by atoms with Gasteiger partial charge in [-0.15, -0.1) is 0 Å². The zero-order valence-electron chi connectivity index (χ0n) is 17.1. The lowest BCUT2D eigenvalue weighted by Gasteiger charge is -2.36. The molecule has 0 radical (unpaired) electrons. The van der Waals surface area contributed by atoms with Crippen molar-refractivity contribution < 1.29 is 17.5 Å². The van der Waals surface area contributed by atoms with Crippen molar-refractivity contribution in [1.29, 1.82) is 0 Å². The van der Waals surface area contributed by atoms with E-state index in [1.165, 1.54) is 16.4 Å². The molecule has 4 rings (SSSR count). The predicted molar refractivity (Wildman–Crippen MR) is 114 cm³/mol. The van der Waals surface area contributed by atoms with Crippen LogP contribution in [0.15, 0.2) is 36.4 Å². The second-order valence-electron chi connectivity index (χ2n) is 7.77. The monoisotopic (exact) mass is 434 g/mol. The molecule has 0 saturated carbocycles. The maximum absolute atomic E-state index is 13.5. The average molecular weight is 435 g/mol. The highest BCUT2D eigenvalue weighted by molar-refractivity contribution is 7.86. The molecule has 2 aliphatic rings. The molecule has 2 fully saturated rings. The quantitative estimate of drug-likeness (QED) is 0.783. The number of pyridine rings is 1. The number of halogens is 1. The SMILES string of the molecule is Cc1cc(Nc2cccc(F)c2)cc([C@H]2CCCN(S(=O)(=O)N3CCOCC3)C2)n1. The van der Waals surface area contributed by atoms with Crippen LogP contribution in [0, 0.1) is 12.7 Å². The first-order chi connectivity index (χ1) is 14.4. The second-order valence-corrected chi connectivity index (χ2v) is 9.70. The summed E-state index contributed by atoms with van der Waals surface area (Å²) in [7, 11) is -3.50. The second kappa shape index (κ2) is 8.97. The molecule has 1 N–H and O–H groups in total. The Morgan fingerprint density at radius 2 is 1.90 bits per heavy atom. The van der Waals surface area contributed by atoms with Gasteiger partial charge in [0.2, 0.25) is 0 Å². The van der Waals surface area contributed by atoms with Crippen LogP contribution in [0.1, 0.15) is 30.1 Å². The fourth-order valence-corrected chi connectivity index (χ4v) is 5.71. The molecule has 30 heavy (non-hydrogen) atoms. The van der Waals surface area contributed by atoms with Gasteiger partial charge in [0.15, 0.2) is 0 Å². The highest BCUT2D eigenvalue weighted by Gasteiger charge is 2.35. The van der Waals surface area contributed by atoms with Crippen molar-refractivity contribution in [3.63, 3.8) is 0 Å². The lowest BCUT2D eigenvalue weighted by atomic mass is 9.95. The summed E-state index contributed by atoms with van der Waals surface area (Å²) in [5, 5.41) is 3.22. The molecule has 2 aliphatic heterocycles. The molecule has 0 spiro atoms. The Morgan fingerprint density at radius 3 is 2.67 bits per heavy atom. The molecule has 7 nitrogen and oxygen atoms in total. The Hall–Kier alpha value is -2.07. The van der Waals surface area contributed by atoms with E-state index in [4.69, 9.17) is 4.74 Å². The average Bonchev–Trinajstić information content (AvgIpc) is 2.74. The first kappa shape index (κ1) is 21.2. The Morgan fingerprint density at radius 1 is 1.10 bits per heavy atom. The largest absolute Gasteiger partial charge is 0.379 e. The van der Waals surface area contributed by atoms with E-state index in [-0.39, 0.29) is 11.7 Å². The van der Waals surface area contributed by atoms with Crippen molar-refractivity contribution in [3.8, 4) is 0 Å². The van der Waals surface area contributed by atoms with Gasteiger partial charge >= 0.3 is 0 Å². The third-order valence-corrected chi connectivity index (χ3v) is 7.51. The van der Waals surface area contributed by atoms with E-state index in [1.54, 1.807) is 16.4 Å². The molecular formula is C21H27FN4O3S. The van der Waals surface area contributed by atoms with E-state index in [1.807, 2.05) is 19.1 Å². The number of anilines is 2. The predicted octanol–water partition coefficient (Wildman–Crippen LogP) is 3.03. The van der Waals surface area contributed by atoms with Crippen LogP contribution < -0.4 is 5.32 Å². The van der Waals surface area contributed by atoms with Gasteiger partial charge in [0.1, 0.15) is 5.82 Å². The van der Waals surface area contributed by atoms with Crippen molar-refractivity contribution >= 4 is 21.6 Å². The van der Waals surface area contributed by atoms with Crippen LogP contribution in [0.3, 0.4) is 0 Å². The van der Waals surface area contributed by atoms with E-state index >= 15 is 0 Å². The maximum Gasteiger partial charge on any atom is 0.282 e. The van der Waals surface area contributed by atoms with Gasteiger partial charge in [0, 0.05) is 54.9 Å². The summed E-state index contributed by atoms with van der Waals surface area (Å²) in [4.78, 5) is 4.68. The smallest absolute Gasteiger partial charge is 0.282 e. The molecule has 1 aromatic heterocycles. The summed E-state index contributed by atoms with van der Waals surface area (Å²) in [5.41, 5.74) is 3.17. The van der Waals surface area contributed by atoms with Crippen molar-refractivity contribution in [1.82, 2.24) is 13.6 Å². The van der Waals surface area contributed by atoms with Crippen LogP contribution in [0.4, 0.5) is 15.8 Å². The number of ether oxygens (including phenoxy) is 1. The van der Waals surface area contributed by atoms with Crippen LogP contribution >= 0.6 is 0 Å². The fourth-order valence-electron chi connectivity index (χ4n) is 4.04. The number of aromatic nitrogens is 1. The first-order valence-corrected chi connectivity index (χ1v) is 11.7. The maximum atomic E-state index is 13.5. The van der Waals surface area contributed by atoms with Gasteiger partial charge in [0.25, 0.3) is 10.2 Å². The summed E-state index contributed by atoms with van der Waals surface area (Å²) in [6.45, 7) is 4.51. The normalized spacial score (nSPS) is 21.5. The van der Waals surface area contributed by atoms with Crippen LogP contribution in [0.25, 0.3) is 0 Å². The Balaban J connectivity index is 1.52. The summed E-state index contributed by atoms with van der Waals surface area (Å²) in [6, 6.07) is 10.1. The van der Waals surface area contributed by atoms with E-state index in [0.717, 1.165) is 29.9 Å². The first-order valence-electron chi connectivity index (χ1n) is 10.3. The zero-order chi connectivity index (χ0) is 21.1. The number of aryl methyl sites for hydroxylation is 1. The molecule has 2 aromatic rings. The summed E-state index contributed by atoms with van der Waals surface area (Å²) in [6.07, 6.45) is 1.67. The van der Waals surface area contributed by atoms with Crippen LogP contribution in [-0.4, -0.2) is 61.4 Å². The van der Waals surface area contributed by atoms with Gasteiger partial charge in [-0.2, -0.15) is 17.0 Å². The fraction of sp³-hybridized carbons (Fsp3) is 0.476.